The smallest absolute Gasteiger partial charge is 0.232 e. The Bertz CT molecular complexity index is 666. The summed E-state index contributed by atoms with van der Waals surface area (Å²) < 4.78 is 0. The van der Waals surface area contributed by atoms with Gasteiger partial charge in [0.05, 0.1) is 17.2 Å². The van der Waals surface area contributed by atoms with Crippen LogP contribution in [0.2, 0.25) is 0 Å². The van der Waals surface area contributed by atoms with Crippen molar-refractivity contribution in [1.29, 1.82) is 0 Å². The highest BCUT2D eigenvalue weighted by atomic mass is 32.1. The maximum absolute atomic E-state index is 11.9. The van der Waals surface area contributed by atoms with Gasteiger partial charge in [0.25, 0.3) is 0 Å². The Kier molecular flexibility index (Phi) is 3.84. The van der Waals surface area contributed by atoms with Gasteiger partial charge in [-0.1, -0.05) is 37.3 Å². The number of carbonyl (C=O) groups excluding carboxylic acids is 2. The lowest BCUT2D eigenvalue weighted by Gasteiger charge is -2.12. The first-order chi connectivity index (χ1) is 10.1. The van der Waals surface area contributed by atoms with Gasteiger partial charge in [-0.05, 0) is 5.56 Å². The van der Waals surface area contributed by atoms with E-state index in [9.17, 15) is 9.59 Å². The fourth-order valence-electron chi connectivity index (χ4n) is 2.45. The van der Waals surface area contributed by atoms with E-state index in [1.54, 1.807) is 18.3 Å². The van der Waals surface area contributed by atoms with Crippen molar-refractivity contribution in [3.63, 3.8) is 0 Å². The minimum atomic E-state index is -0.195. The molecule has 0 N–H and O–H groups in total. The lowest BCUT2D eigenvalue weighted by Crippen LogP contribution is -2.29. The molecule has 1 unspecified atom stereocenters. The molecule has 1 aliphatic heterocycles. The Morgan fingerprint density at radius 3 is 2.71 bits per heavy atom. The van der Waals surface area contributed by atoms with Crippen molar-refractivity contribution in [2.24, 2.45) is 5.92 Å². The zero-order chi connectivity index (χ0) is 14.8. The van der Waals surface area contributed by atoms with Gasteiger partial charge in [0.2, 0.25) is 11.8 Å². The van der Waals surface area contributed by atoms with E-state index >= 15 is 0 Å². The number of nitrogens with zero attached hydrogens (tertiary/aromatic N) is 2. The predicted octanol–water partition coefficient (Wildman–Crippen LogP) is 2.63. The minimum absolute atomic E-state index is 0.0855. The number of aromatic nitrogens is 1. The van der Waals surface area contributed by atoms with Crippen LogP contribution in [0.4, 0.5) is 0 Å². The van der Waals surface area contributed by atoms with Crippen molar-refractivity contribution in [3.8, 4) is 0 Å². The van der Waals surface area contributed by atoms with Gasteiger partial charge in [-0.3, -0.25) is 14.5 Å². The number of thiazole rings is 1. The largest absolute Gasteiger partial charge is 0.276 e. The first-order valence-electron chi connectivity index (χ1n) is 6.95. The number of hydrogen-bond donors (Lipinski definition) is 0. The molecule has 3 rings (SSSR count). The first-order valence-corrected chi connectivity index (χ1v) is 7.83. The topological polar surface area (TPSA) is 50.3 Å². The zero-order valence-electron chi connectivity index (χ0n) is 11.8. The third-order valence-electron chi connectivity index (χ3n) is 3.59. The molecule has 1 aromatic carbocycles. The Morgan fingerprint density at radius 2 is 2.05 bits per heavy atom. The van der Waals surface area contributed by atoms with E-state index in [1.165, 1.54) is 10.5 Å². The van der Waals surface area contributed by atoms with Crippen molar-refractivity contribution in [2.75, 3.05) is 0 Å². The van der Waals surface area contributed by atoms with Crippen LogP contribution in [0.5, 0.6) is 0 Å². The van der Waals surface area contributed by atoms with Crippen molar-refractivity contribution in [3.05, 3.63) is 52.0 Å². The average Bonchev–Trinajstić information content (AvgIpc) is 3.00. The zero-order valence-corrected chi connectivity index (χ0v) is 12.6. The summed E-state index contributed by atoms with van der Waals surface area (Å²) in [4.78, 5) is 29.5. The molecule has 4 nitrogen and oxygen atoms in total. The molecule has 5 heteroatoms. The molecule has 0 bridgehead atoms. The molecule has 21 heavy (non-hydrogen) atoms. The molecular weight excluding hydrogens is 284 g/mol. The van der Waals surface area contributed by atoms with Crippen LogP contribution in [0.15, 0.2) is 35.7 Å². The Hall–Kier alpha value is -2.01. The molecule has 2 aromatic rings. The van der Waals surface area contributed by atoms with E-state index in [-0.39, 0.29) is 17.7 Å². The maximum Gasteiger partial charge on any atom is 0.232 e. The molecule has 0 spiro atoms. The number of amides is 2. The monoisotopic (exact) mass is 300 g/mol. The Balaban J connectivity index is 1.68. The third-order valence-corrected chi connectivity index (χ3v) is 4.48. The van der Waals surface area contributed by atoms with Crippen LogP contribution in [0.25, 0.3) is 0 Å². The molecule has 0 aliphatic carbocycles. The normalized spacial score (nSPS) is 18.5. The van der Waals surface area contributed by atoms with Gasteiger partial charge in [0.1, 0.15) is 0 Å². The van der Waals surface area contributed by atoms with E-state index in [1.807, 2.05) is 23.6 Å². The summed E-state index contributed by atoms with van der Waals surface area (Å²) in [6.07, 6.45) is 1.10. The van der Waals surface area contributed by atoms with Crippen LogP contribution in [-0.2, 0) is 22.6 Å². The summed E-state index contributed by atoms with van der Waals surface area (Å²) in [6.45, 7) is 2.09. The number of likely N-dealkylation sites (tertiary alicyclic amines) is 1. The van der Waals surface area contributed by atoms with E-state index in [0.29, 0.717) is 13.0 Å². The molecule has 2 amide bonds. The number of hydrogen-bond acceptors (Lipinski definition) is 4. The second-order valence-corrected chi connectivity index (χ2v) is 6.26. The van der Waals surface area contributed by atoms with Gasteiger partial charge >= 0.3 is 0 Å². The Morgan fingerprint density at radius 1 is 1.29 bits per heavy atom. The summed E-state index contributed by atoms with van der Waals surface area (Å²) in [5, 5.41) is 2.94. The molecule has 0 saturated carbocycles. The number of carbonyl (C=O) groups is 2. The summed E-state index contributed by atoms with van der Waals surface area (Å²) in [5.74, 6) is -0.373. The highest BCUT2D eigenvalue weighted by molar-refractivity contribution is 7.09. The number of imide groups is 1. The van der Waals surface area contributed by atoms with Crippen LogP contribution < -0.4 is 0 Å². The van der Waals surface area contributed by atoms with Crippen molar-refractivity contribution in [1.82, 2.24) is 9.88 Å². The highest BCUT2D eigenvalue weighted by Gasteiger charge is 2.35. The van der Waals surface area contributed by atoms with Gasteiger partial charge in [-0.2, -0.15) is 0 Å². The van der Waals surface area contributed by atoms with Crippen molar-refractivity contribution < 1.29 is 9.59 Å². The minimum Gasteiger partial charge on any atom is -0.276 e. The third kappa shape index (κ3) is 3.03. The lowest BCUT2D eigenvalue weighted by molar-refractivity contribution is -0.139. The van der Waals surface area contributed by atoms with Crippen LogP contribution >= 0.6 is 11.3 Å². The van der Waals surface area contributed by atoms with Gasteiger partial charge in [0, 0.05) is 24.1 Å². The summed E-state index contributed by atoms with van der Waals surface area (Å²) >= 11 is 1.57. The summed E-state index contributed by atoms with van der Waals surface area (Å²) in [5.41, 5.74) is 2.00. The van der Waals surface area contributed by atoms with E-state index < -0.39 is 0 Å². The van der Waals surface area contributed by atoms with Gasteiger partial charge in [-0.15, -0.1) is 11.3 Å². The van der Waals surface area contributed by atoms with Gasteiger partial charge in [0.15, 0.2) is 0 Å². The first kappa shape index (κ1) is 13.9. The van der Waals surface area contributed by atoms with E-state index in [4.69, 9.17) is 0 Å². The number of rotatable bonds is 4. The molecule has 1 aromatic heterocycles. The summed E-state index contributed by atoms with van der Waals surface area (Å²) in [7, 11) is 0. The molecule has 0 radical (unpaired) electrons. The fraction of sp³-hybridized carbons (Fsp3) is 0.312. The van der Waals surface area contributed by atoms with Crippen LogP contribution in [0.3, 0.4) is 0 Å². The fourth-order valence-corrected chi connectivity index (χ4v) is 3.27. The number of benzene rings is 1. The molecule has 1 aliphatic rings. The van der Waals surface area contributed by atoms with E-state index in [0.717, 1.165) is 17.1 Å². The molecule has 2 heterocycles. The standard InChI is InChI=1S/C16H16N2O2S/c1-11-7-15(19)18(16(11)20)9-13-10-21-14(17-13)8-12-5-3-2-4-6-12/h2-6,10-11H,7-9H2,1H3. The average molecular weight is 300 g/mol. The maximum atomic E-state index is 11.9. The molecule has 1 saturated heterocycles. The second-order valence-electron chi connectivity index (χ2n) is 5.32. The highest BCUT2D eigenvalue weighted by Crippen LogP contribution is 2.22. The molecular formula is C16H16N2O2S. The van der Waals surface area contributed by atoms with Gasteiger partial charge < -0.3 is 0 Å². The Labute approximate surface area is 127 Å². The molecule has 1 fully saturated rings. The second kappa shape index (κ2) is 5.77. The summed E-state index contributed by atoms with van der Waals surface area (Å²) in [6, 6.07) is 10.1. The predicted molar refractivity (Wildman–Crippen MR) is 80.7 cm³/mol. The van der Waals surface area contributed by atoms with Gasteiger partial charge in [-0.25, -0.2) is 4.98 Å². The molecule has 1 atom stereocenters. The lowest BCUT2D eigenvalue weighted by atomic mass is 10.1. The van der Waals surface area contributed by atoms with Crippen molar-refractivity contribution >= 4 is 23.2 Å². The van der Waals surface area contributed by atoms with Crippen LogP contribution in [0.1, 0.15) is 29.6 Å². The SMILES string of the molecule is CC1CC(=O)N(Cc2csc(Cc3ccccc3)n2)C1=O. The molecule has 108 valence electrons. The van der Waals surface area contributed by atoms with E-state index in [2.05, 4.69) is 17.1 Å². The van der Waals surface area contributed by atoms with Crippen LogP contribution in [-0.4, -0.2) is 21.7 Å². The quantitative estimate of drug-likeness (QED) is 0.816. The van der Waals surface area contributed by atoms with Crippen molar-refractivity contribution in [2.45, 2.75) is 26.3 Å². The van der Waals surface area contributed by atoms with Crippen LogP contribution in [0, 0.1) is 5.92 Å².